The van der Waals surface area contributed by atoms with Gasteiger partial charge in [-0.1, -0.05) is 0 Å². The van der Waals surface area contributed by atoms with Gasteiger partial charge in [-0.15, -0.1) is 0 Å². The number of nitrogens with zero attached hydrogens (tertiary/aromatic N) is 1. The maximum absolute atomic E-state index is 11.1. The molecule has 2 heterocycles. The minimum absolute atomic E-state index is 0.0315. The maximum Gasteiger partial charge on any atom is 0.339 e. The molecule has 0 radical (unpaired) electrons. The number of aromatic carboxylic acids is 1. The molecule has 18 heavy (non-hydrogen) atoms. The van der Waals surface area contributed by atoms with Gasteiger partial charge in [-0.25, -0.2) is 9.78 Å². The summed E-state index contributed by atoms with van der Waals surface area (Å²) in [4.78, 5) is 26.1. The highest BCUT2D eigenvalue weighted by molar-refractivity contribution is 9.10. The minimum atomic E-state index is -1.04. The number of hydrogen-bond donors (Lipinski definition) is 3. The third kappa shape index (κ3) is 2.98. The Morgan fingerprint density at radius 1 is 1.67 bits per heavy atom. The van der Waals surface area contributed by atoms with E-state index in [4.69, 9.17) is 5.11 Å². The highest BCUT2D eigenvalue weighted by Crippen LogP contribution is 2.18. The number of pyridine rings is 1. The summed E-state index contributed by atoms with van der Waals surface area (Å²) in [5.74, 6) is -0.697. The number of nitrogens with one attached hydrogen (secondary N) is 2. The largest absolute Gasteiger partial charge is 0.478 e. The van der Waals surface area contributed by atoms with E-state index in [0.717, 1.165) is 6.42 Å². The van der Waals surface area contributed by atoms with Gasteiger partial charge in [0.05, 0.1) is 0 Å². The van der Waals surface area contributed by atoms with Crippen LogP contribution in [0.4, 0.5) is 5.82 Å². The number of carboxylic acid groups (broad SMARTS) is 1. The number of halogens is 1. The number of rotatable bonds is 4. The van der Waals surface area contributed by atoms with Crippen molar-refractivity contribution in [1.82, 2.24) is 10.3 Å². The van der Waals surface area contributed by atoms with Crippen molar-refractivity contribution in [2.45, 2.75) is 18.9 Å². The van der Waals surface area contributed by atoms with E-state index in [9.17, 15) is 9.59 Å². The predicted octanol–water partition coefficient (Wildman–Crippen LogP) is 1.23. The molecule has 6 nitrogen and oxygen atoms in total. The fourth-order valence-electron chi connectivity index (χ4n) is 1.79. The molecule has 96 valence electrons. The molecule has 1 atom stereocenters. The molecule has 1 unspecified atom stereocenters. The SMILES string of the molecule is O=C1CCC(CNc2ncc(Br)cc2C(=O)O)N1. The first-order valence-electron chi connectivity index (χ1n) is 5.48. The second-order valence-corrected chi connectivity index (χ2v) is 4.95. The summed E-state index contributed by atoms with van der Waals surface area (Å²) in [6, 6.07) is 1.52. The standard InChI is InChI=1S/C11H12BrN3O3/c12-6-3-8(11(17)18)10(13-4-6)14-5-7-1-2-9(16)15-7/h3-4,7H,1-2,5H2,(H,13,14)(H,15,16)(H,17,18). The second kappa shape index (κ2) is 5.34. The number of anilines is 1. The molecular weight excluding hydrogens is 302 g/mol. The van der Waals surface area contributed by atoms with E-state index >= 15 is 0 Å². The lowest BCUT2D eigenvalue weighted by Crippen LogP contribution is -2.32. The zero-order chi connectivity index (χ0) is 13.1. The molecule has 1 fully saturated rings. The van der Waals surface area contributed by atoms with Gasteiger partial charge >= 0.3 is 5.97 Å². The van der Waals surface area contributed by atoms with Crippen molar-refractivity contribution in [1.29, 1.82) is 0 Å². The van der Waals surface area contributed by atoms with Crippen LogP contribution in [0.2, 0.25) is 0 Å². The van der Waals surface area contributed by atoms with Gasteiger partial charge in [-0.05, 0) is 28.4 Å². The third-order valence-corrected chi connectivity index (χ3v) is 3.12. The molecule has 0 saturated carbocycles. The lowest BCUT2D eigenvalue weighted by molar-refractivity contribution is -0.119. The topological polar surface area (TPSA) is 91.3 Å². The first-order chi connectivity index (χ1) is 8.56. The Labute approximate surface area is 112 Å². The summed E-state index contributed by atoms with van der Waals surface area (Å²) in [5, 5.41) is 14.8. The summed E-state index contributed by atoms with van der Waals surface area (Å²) < 4.78 is 0.611. The highest BCUT2D eigenvalue weighted by atomic mass is 79.9. The van der Waals surface area contributed by atoms with Crippen molar-refractivity contribution in [2.24, 2.45) is 0 Å². The van der Waals surface area contributed by atoms with Crippen molar-refractivity contribution in [3.63, 3.8) is 0 Å². The van der Waals surface area contributed by atoms with Crippen LogP contribution in [0.3, 0.4) is 0 Å². The van der Waals surface area contributed by atoms with Crippen LogP contribution in [0.15, 0.2) is 16.7 Å². The van der Waals surface area contributed by atoms with E-state index in [1.807, 2.05) is 0 Å². The van der Waals surface area contributed by atoms with Crippen LogP contribution in [-0.2, 0) is 4.79 Å². The summed E-state index contributed by atoms with van der Waals surface area (Å²) in [5.41, 5.74) is 0.105. The zero-order valence-electron chi connectivity index (χ0n) is 9.44. The normalized spacial score (nSPS) is 18.5. The summed E-state index contributed by atoms with van der Waals surface area (Å²) >= 11 is 3.18. The van der Waals surface area contributed by atoms with Crippen molar-refractivity contribution in [3.05, 3.63) is 22.3 Å². The van der Waals surface area contributed by atoms with Gasteiger partial charge in [-0.3, -0.25) is 4.79 Å². The maximum atomic E-state index is 11.1. The average Bonchev–Trinajstić information content (AvgIpc) is 2.73. The molecule has 0 aromatic carbocycles. The average molecular weight is 314 g/mol. The van der Waals surface area contributed by atoms with Gasteiger partial charge < -0.3 is 15.7 Å². The molecule has 7 heteroatoms. The van der Waals surface area contributed by atoms with E-state index in [-0.39, 0.29) is 17.5 Å². The Morgan fingerprint density at radius 3 is 3.06 bits per heavy atom. The van der Waals surface area contributed by atoms with Gasteiger partial charge in [0.1, 0.15) is 11.4 Å². The van der Waals surface area contributed by atoms with Crippen LogP contribution in [0.5, 0.6) is 0 Å². The van der Waals surface area contributed by atoms with Crippen LogP contribution in [0, 0.1) is 0 Å². The first kappa shape index (κ1) is 12.8. The number of hydrogen-bond acceptors (Lipinski definition) is 4. The number of carbonyl (C=O) groups excluding carboxylic acids is 1. The summed E-state index contributed by atoms with van der Waals surface area (Å²) in [7, 11) is 0. The van der Waals surface area contributed by atoms with Gasteiger partial charge in [0.2, 0.25) is 5.91 Å². The van der Waals surface area contributed by atoms with Crippen LogP contribution in [-0.4, -0.2) is 34.6 Å². The number of carbonyl (C=O) groups is 2. The van der Waals surface area contributed by atoms with Crippen molar-refractivity contribution < 1.29 is 14.7 Å². The molecule has 1 aliphatic heterocycles. The monoisotopic (exact) mass is 313 g/mol. The van der Waals surface area contributed by atoms with E-state index in [2.05, 4.69) is 31.5 Å². The third-order valence-electron chi connectivity index (χ3n) is 2.69. The van der Waals surface area contributed by atoms with E-state index in [1.54, 1.807) is 0 Å². The molecule has 1 saturated heterocycles. The lowest BCUT2D eigenvalue weighted by Gasteiger charge is -2.13. The van der Waals surface area contributed by atoms with Crippen LogP contribution in [0.1, 0.15) is 23.2 Å². The molecule has 3 N–H and O–H groups in total. The number of carboxylic acids is 1. The first-order valence-corrected chi connectivity index (χ1v) is 6.27. The zero-order valence-corrected chi connectivity index (χ0v) is 11.0. The Kier molecular flexibility index (Phi) is 3.81. The van der Waals surface area contributed by atoms with E-state index in [0.29, 0.717) is 23.3 Å². The smallest absolute Gasteiger partial charge is 0.339 e. The molecular formula is C11H12BrN3O3. The van der Waals surface area contributed by atoms with Gasteiger partial charge in [-0.2, -0.15) is 0 Å². The van der Waals surface area contributed by atoms with Gasteiger partial charge in [0, 0.05) is 29.7 Å². The van der Waals surface area contributed by atoms with E-state index < -0.39 is 5.97 Å². The molecule has 0 spiro atoms. The minimum Gasteiger partial charge on any atom is -0.478 e. The summed E-state index contributed by atoms with van der Waals surface area (Å²) in [6.45, 7) is 0.473. The molecule has 1 amide bonds. The fourth-order valence-corrected chi connectivity index (χ4v) is 2.12. The van der Waals surface area contributed by atoms with Crippen LogP contribution >= 0.6 is 15.9 Å². The molecule has 2 rings (SSSR count). The van der Waals surface area contributed by atoms with E-state index in [1.165, 1.54) is 12.3 Å². The Morgan fingerprint density at radius 2 is 2.44 bits per heavy atom. The molecule has 1 aromatic heterocycles. The Bertz CT molecular complexity index is 492. The number of aromatic nitrogens is 1. The van der Waals surface area contributed by atoms with Crippen molar-refractivity contribution in [3.8, 4) is 0 Å². The lowest BCUT2D eigenvalue weighted by atomic mass is 10.2. The second-order valence-electron chi connectivity index (χ2n) is 4.04. The molecule has 0 aliphatic carbocycles. The molecule has 1 aliphatic rings. The quantitative estimate of drug-likeness (QED) is 0.777. The van der Waals surface area contributed by atoms with Gasteiger partial charge in [0.15, 0.2) is 0 Å². The molecule has 0 bridgehead atoms. The fraction of sp³-hybridized carbons (Fsp3) is 0.364. The van der Waals surface area contributed by atoms with Crippen LogP contribution < -0.4 is 10.6 Å². The Balaban J connectivity index is 2.04. The number of amides is 1. The Hall–Kier alpha value is -1.63. The van der Waals surface area contributed by atoms with Crippen molar-refractivity contribution >= 4 is 33.6 Å². The molecule has 1 aromatic rings. The predicted molar refractivity (Wildman–Crippen MR) is 68.6 cm³/mol. The van der Waals surface area contributed by atoms with Gasteiger partial charge in [0.25, 0.3) is 0 Å². The summed E-state index contributed by atoms with van der Waals surface area (Å²) in [6.07, 6.45) is 2.80. The van der Waals surface area contributed by atoms with Crippen LogP contribution in [0.25, 0.3) is 0 Å². The highest BCUT2D eigenvalue weighted by Gasteiger charge is 2.21. The van der Waals surface area contributed by atoms with Crippen molar-refractivity contribution in [2.75, 3.05) is 11.9 Å².